The molecular formula is C25H28N4O7S. The zero-order valence-electron chi connectivity index (χ0n) is 20.6. The van der Waals surface area contributed by atoms with E-state index in [0.717, 1.165) is 10.6 Å². The lowest BCUT2D eigenvalue weighted by atomic mass is 10.2. The third-order valence-electron chi connectivity index (χ3n) is 5.09. The van der Waals surface area contributed by atoms with Gasteiger partial charge < -0.3 is 19.2 Å². The Labute approximate surface area is 215 Å². The monoisotopic (exact) mass is 528 g/mol. The maximum Gasteiger partial charge on any atom is 0.263 e. The maximum atomic E-state index is 12.6. The summed E-state index contributed by atoms with van der Waals surface area (Å²) in [5.74, 6) is 0.771. The lowest BCUT2D eigenvalue weighted by molar-refractivity contribution is -0.123. The first kappa shape index (κ1) is 27.3. The first-order valence-corrected chi connectivity index (χ1v) is 13.0. The van der Waals surface area contributed by atoms with Gasteiger partial charge in [-0.3, -0.25) is 13.9 Å². The summed E-state index contributed by atoms with van der Waals surface area (Å²) in [5.41, 5.74) is 3.33. The van der Waals surface area contributed by atoms with E-state index in [4.69, 9.17) is 13.9 Å². The molecule has 0 fully saturated rings. The number of ether oxygens (including phenoxy) is 2. The SMILES string of the molecule is COc1ccc(N([C@@H](C)C(=O)N/N=C\c2ccc(OCC(=O)NCc3ccco3)cc2)S(C)(=O)=O)cc1. The van der Waals surface area contributed by atoms with Crippen molar-refractivity contribution in [2.45, 2.75) is 19.5 Å². The van der Waals surface area contributed by atoms with Crippen molar-refractivity contribution in [3.05, 3.63) is 78.3 Å². The number of furan rings is 1. The zero-order valence-corrected chi connectivity index (χ0v) is 21.4. The molecule has 0 aliphatic rings. The smallest absolute Gasteiger partial charge is 0.263 e. The van der Waals surface area contributed by atoms with Crippen molar-refractivity contribution in [3.63, 3.8) is 0 Å². The first-order chi connectivity index (χ1) is 17.7. The van der Waals surface area contributed by atoms with Crippen LogP contribution in [0.2, 0.25) is 0 Å². The highest BCUT2D eigenvalue weighted by Crippen LogP contribution is 2.23. The van der Waals surface area contributed by atoms with Crippen LogP contribution in [0.1, 0.15) is 18.2 Å². The van der Waals surface area contributed by atoms with E-state index in [1.54, 1.807) is 60.7 Å². The van der Waals surface area contributed by atoms with Gasteiger partial charge in [0.1, 0.15) is 23.3 Å². The zero-order chi connectivity index (χ0) is 26.8. The van der Waals surface area contributed by atoms with Gasteiger partial charge in [0, 0.05) is 0 Å². The maximum absolute atomic E-state index is 12.6. The van der Waals surface area contributed by atoms with Gasteiger partial charge in [0.25, 0.3) is 11.8 Å². The van der Waals surface area contributed by atoms with Gasteiger partial charge in [-0.1, -0.05) is 0 Å². The number of methoxy groups -OCH3 is 1. The molecular weight excluding hydrogens is 500 g/mol. The molecule has 1 aromatic heterocycles. The molecule has 0 saturated heterocycles. The molecule has 11 nitrogen and oxygen atoms in total. The number of carbonyl (C=O) groups is 2. The molecule has 0 saturated carbocycles. The van der Waals surface area contributed by atoms with Gasteiger partial charge in [-0.15, -0.1) is 0 Å². The van der Waals surface area contributed by atoms with Crippen molar-refractivity contribution in [2.24, 2.45) is 5.10 Å². The number of benzene rings is 2. The normalized spacial score (nSPS) is 12.1. The first-order valence-electron chi connectivity index (χ1n) is 11.2. The second-order valence-corrected chi connectivity index (χ2v) is 9.74. The topological polar surface area (TPSA) is 140 Å². The van der Waals surface area contributed by atoms with Crippen LogP contribution in [0.3, 0.4) is 0 Å². The average Bonchev–Trinajstić information content (AvgIpc) is 3.40. The molecule has 1 atom stereocenters. The third-order valence-corrected chi connectivity index (χ3v) is 6.34. The van der Waals surface area contributed by atoms with Crippen LogP contribution in [0.15, 0.2) is 76.4 Å². The minimum atomic E-state index is -3.76. The minimum Gasteiger partial charge on any atom is -0.497 e. The Bertz CT molecular complexity index is 1310. The number of nitrogens with one attached hydrogen (secondary N) is 2. The molecule has 1 heterocycles. The molecule has 3 aromatic rings. The summed E-state index contributed by atoms with van der Waals surface area (Å²) in [7, 11) is -2.26. The Hall–Kier alpha value is -4.32. The Kier molecular flexibility index (Phi) is 9.27. The van der Waals surface area contributed by atoms with Crippen molar-refractivity contribution in [3.8, 4) is 11.5 Å². The number of nitrogens with zero attached hydrogens (tertiary/aromatic N) is 2. The lowest BCUT2D eigenvalue weighted by Gasteiger charge is -2.27. The molecule has 0 aliphatic heterocycles. The second kappa shape index (κ2) is 12.6. The van der Waals surface area contributed by atoms with Gasteiger partial charge in [-0.05, 0) is 73.2 Å². The number of hydrogen-bond donors (Lipinski definition) is 2. The Morgan fingerprint density at radius 1 is 1.08 bits per heavy atom. The summed E-state index contributed by atoms with van der Waals surface area (Å²) in [4.78, 5) is 24.5. The largest absolute Gasteiger partial charge is 0.497 e. The summed E-state index contributed by atoms with van der Waals surface area (Å²) in [6.45, 7) is 1.58. The molecule has 2 amide bonds. The van der Waals surface area contributed by atoms with Gasteiger partial charge in [0.15, 0.2) is 6.61 Å². The Morgan fingerprint density at radius 3 is 2.35 bits per heavy atom. The fourth-order valence-electron chi connectivity index (χ4n) is 3.25. The van der Waals surface area contributed by atoms with Crippen LogP contribution in [-0.2, 0) is 26.2 Å². The standard InChI is InChI=1S/C25H28N4O7S/c1-18(29(37(3,32)33)20-8-12-21(34-2)13-9-20)25(31)28-27-15-19-6-10-22(11-7-19)36-17-24(30)26-16-23-5-4-14-35-23/h4-15,18H,16-17H2,1-3H3,(H,26,30)(H,28,31)/b27-15-/t18-/m0/s1. The second-order valence-electron chi connectivity index (χ2n) is 7.88. The van der Waals surface area contributed by atoms with Gasteiger partial charge >= 0.3 is 0 Å². The fourth-order valence-corrected chi connectivity index (χ4v) is 4.43. The summed E-state index contributed by atoms with van der Waals surface area (Å²) >= 11 is 0. The molecule has 37 heavy (non-hydrogen) atoms. The van der Waals surface area contributed by atoms with Gasteiger partial charge in [-0.25, -0.2) is 13.8 Å². The van der Waals surface area contributed by atoms with E-state index < -0.39 is 22.0 Å². The highest BCUT2D eigenvalue weighted by Gasteiger charge is 2.29. The van der Waals surface area contributed by atoms with Crippen LogP contribution in [-0.4, -0.2) is 52.5 Å². The predicted molar refractivity (Wildman–Crippen MR) is 138 cm³/mol. The van der Waals surface area contributed by atoms with Crippen molar-refractivity contribution in [1.82, 2.24) is 10.7 Å². The van der Waals surface area contributed by atoms with Crippen molar-refractivity contribution < 1.29 is 31.9 Å². The minimum absolute atomic E-state index is 0.160. The van der Waals surface area contributed by atoms with Crippen LogP contribution in [0.5, 0.6) is 11.5 Å². The summed E-state index contributed by atoms with van der Waals surface area (Å²) in [5, 5.41) is 6.60. The summed E-state index contributed by atoms with van der Waals surface area (Å²) in [6, 6.07) is 15.4. The molecule has 2 aromatic carbocycles. The van der Waals surface area contributed by atoms with Crippen LogP contribution in [0, 0.1) is 0 Å². The van der Waals surface area contributed by atoms with Gasteiger partial charge in [0.2, 0.25) is 10.0 Å². The van der Waals surface area contributed by atoms with Crippen LogP contribution in [0.25, 0.3) is 0 Å². The van der Waals surface area contributed by atoms with Crippen LogP contribution in [0.4, 0.5) is 5.69 Å². The van der Waals surface area contributed by atoms with E-state index in [1.165, 1.54) is 26.5 Å². The van der Waals surface area contributed by atoms with Crippen molar-refractivity contribution >= 4 is 33.7 Å². The quantitative estimate of drug-likeness (QED) is 0.272. The molecule has 196 valence electrons. The van der Waals surface area contributed by atoms with Gasteiger partial charge in [0.05, 0.1) is 38.1 Å². The van der Waals surface area contributed by atoms with E-state index in [-0.39, 0.29) is 19.1 Å². The van der Waals surface area contributed by atoms with E-state index in [0.29, 0.717) is 28.5 Å². The molecule has 0 bridgehead atoms. The number of sulfonamides is 1. The number of amides is 2. The summed E-state index contributed by atoms with van der Waals surface area (Å²) in [6.07, 6.45) is 3.96. The molecule has 0 aliphatic carbocycles. The molecule has 12 heteroatoms. The third kappa shape index (κ3) is 8.10. The summed E-state index contributed by atoms with van der Waals surface area (Å²) < 4.78 is 41.5. The number of hydrazone groups is 1. The van der Waals surface area contributed by atoms with E-state index in [9.17, 15) is 18.0 Å². The Balaban J connectivity index is 1.51. The molecule has 0 spiro atoms. The number of hydrogen-bond acceptors (Lipinski definition) is 8. The fraction of sp³-hybridized carbons (Fsp3) is 0.240. The highest BCUT2D eigenvalue weighted by molar-refractivity contribution is 7.92. The van der Waals surface area contributed by atoms with E-state index in [2.05, 4.69) is 15.8 Å². The number of rotatable bonds is 12. The van der Waals surface area contributed by atoms with E-state index >= 15 is 0 Å². The molecule has 0 unspecified atom stereocenters. The van der Waals surface area contributed by atoms with Crippen LogP contribution < -0.4 is 24.5 Å². The Morgan fingerprint density at radius 2 is 1.76 bits per heavy atom. The molecule has 0 radical (unpaired) electrons. The van der Waals surface area contributed by atoms with Crippen LogP contribution >= 0.6 is 0 Å². The molecule has 3 rings (SSSR count). The molecule has 2 N–H and O–H groups in total. The number of carbonyl (C=O) groups excluding carboxylic acids is 2. The predicted octanol–water partition coefficient (Wildman–Crippen LogP) is 2.29. The van der Waals surface area contributed by atoms with Crippen molar-refractivity contribution in [2.75, 3.05) is 24.3 Å². The highest BCUT2D eigenvalue weighted by atomic mass is 32.2. The van der Waals surface area contributed by atoms with E-state index in [1.807, 2.05) is 0 Å². The van der Waals surface area contributed by atoms with Crippen molar-refractivity contribution in [1.29, 1.82) is 0 Å². The average molecular weight is 529 g/mol. The van der Waals surface area contributed by atoms with Gasteiger partial charge in [-0.2, -0.15) is 5.10 Å². The number of anilines is 1. The lowest BCUT2D eigenvalue weighted by Crippen LogP contribution is -2.46.